The van der Waals surface area contributed by atoms with Gasteiger partial charge in [0.2, 0.25) is 10.0 Å². The number of aliphatic hydroxyl groups is 1. The molecule has 1 saturated carbocycles. The van der Waals surface area contributed by atoms with Crippen LogP contribution in [0.2, 0.25) is 0 Å². The average molecular weight is 286 g/mol. The van der Waals surface area contributed by atoms with Crippen LogP contribution >= 0.6 is 0 Å². The van der Waals surface area contributed by atoms with Crippen LogP contribution in [0.4, 0.5) is 5.69 Å². The zero-order valence-electron chi connectivity index (χ0n) is 10.1. The highest BCUT2D eigenvalue weighted by molar-refractivity contribution is 7.89. The monoisotopic (exact) mass is 286 g/mol. The molecule has 0 radical (unpaired) electrons. The number of nitrogens with zero attached hydrogens (tertiary/aromatic N) is 2. The van der Waals surface area contributed by atoms with E-state index >= 15 is 0 Å². The van der Waals surface area contributed by atoms with Crippen molar-refractivity contribution in [2.75, 3.05) is 13.2 Å². The Labute approximate surface area is 110 Å². The first-order chi connectivity index (χ1) is 8.96. The van der Waals surface area contributed by atoms with Crippen LogP contribution in [0, 0.1) is 10.1 Å². The fraction of sp³-hybridized carbons (Fsp3) is 0.455. The van der Waals surface area contributed by atoms with Gasteiger partial charge in [0.1, 0.15) is 0 Å². The van der Waals surface area contributed by atoms with Gasteiger partial charge in [-0.3, -0.25) is 10.1 Å². The van der Waals surface area contributed by atoms with Crippen molar-refractivity contribution < 1.29 is 18.4 Å². The van der Waals surface area contributed by atoms with E-state index in [0.29, 0.717) is 0 Å². The van der Waals surface area contributed by atoms with Gasteiger partial charge in [-0.2, -0.15) is 4.31 Å². The number of aliphatic hydroxyl groups excluding tert-OH is 1. The zero-order valence-corrected chi connectivity index (χ0v) is 10.9. The lowest BCUT2D eigenvalue weighted by atomic mass is 10.3. The summed E-state index contributed by atoms with van der Waals surface area (Å²) in [5, 5.41) is 19.6. The van der Waals surface area contributed by atoms with Crippen LogP contribution in [0.1, 0.15) is 12.8 Å². The number of hydrogen-bond donors (Lipinski definition) is 1. The summed E-state index contributed by atoms with van der Waals surface area (Å²) in [5.74, 6) is 0. The Morgan fingerprint density at radius 3 is 2.63 bits per heavy atom. The summed E-state index contributed by atoms with van der Waals surface area (Å²) in [6.45, 7) is -0.264. The fourth-order valence-corrected chi connectivity index (χ4v) is 3.57. The van der Waals surface area contributed by atoms with Gasteiger partial charge in [0.25, 0.3) is 5.69 Å². The minimum absolute atomic E-state index is 0.00961. The van der Waals surface area contributed by atoms with E-state index in [1.54, 1.807) is 0 Å². The third kappa shape index (κ3) is 2.91. The second kappa shape index (κ2) is 5.24. The minimum atomic E-state index is -3.79. The lowest BCUT2D eigenvalue weighted by molar-refractivity contribution is -0.385. The molecule has 0 unspecified atom stereocenters. The summed E-state index contributed by atoms with van der Waals surface area (Å²) in [7, 11) is -3.79. The van der Waals surface area contributed by atoms with Crippen molar-refractivity contribution in [3.05, 3.63) is 34.4 Å². The third-order valence-corrected chi connectivity index (χ3v) is 4.86. The summed E-state index contributed by atoms with van der Waals surface area (Å²) < 4.78 is 26.0. The number of nitro groups is 1. The van der Waals surface area contributed by atoms with Crippen LogP contribution in [0.15, 0.2) is 29.2 Å². The molecular formula is C11H14N2O5S. The molecule has 2 rings (SSSR count). The van der Waals surface area contributed by atoms with Gasteiger partial charge >= 0.3 is 0 Å². The zero-order chi connectivity index (χ0) is 14.0. The molecule has 1 N–H and O–H groups in total. The van der Waals surface area contributed by atoms with E-state index in [4.69, 9.17) is 5.11 Å². The lowest BCUT2D eigenvalue weighted by Crippen LogP contribution is -2.35. The van der Waals surface area contributed by atoms with Crippen molar-refractivity contribution in [1.82, 2.24) is 4.31 Å². The molecule has 7 nitrogen and oxygen atoms in total. The quantitative estimate of drug-likeness (QED) is 0.614. The maximum atomic E-state index is 12.4. The average Bonchev–Trinajstić information content (AvgIpc) is 3.20. The molecular weight excluding hydrogens is 272 g/mol. The molecule has 0 amide bonds. The molecule has 0 heterocycles. The predicted molar refractivity (Wildman–Crippen MR) is 67.1 cm³/mol. The number of rotatable bonds is 6. The van der Waals surface area contributed by atoms with Crippen LogP contribution in [-0.4, -0.2) is 41.9 Å². The second-order valence-electron chi connectivity index (χ2n) is 4.33. The van der Waals surface area contributed by atoms with Crippen LogP contribution in [0.25, 0.3) is 0 Å². The highest BCUT2D eigenvalue weighted by Crippen LogP contribution is 2.32. The Morgan fingerprint density at radius 2 is 2.11 bits per heavy atom. The SMILES string of the molecule is O=[N+]([O-])c1cccc(S(=O)(=O)N(CCO)C2CC2)c1. The number of benzene rings is 1. The summed E-state index contributed by atoms with van der Waals surface area (Å²) in [6, 6.07) is 4.86. The van der Waals surface area contributed by atoms with Gasteiger partial charge in [-0.15, -0.1) is 0 Å². The van der Waals surface area contributed by atoms with E-state index in [1.807, 2.05) is 0 Å². The van der Waals surface area contributed by atoms with Gasteiger partial charge in [-0.25, -0.2) is 8.42 Å². The maximum absolute atomic E-state index is 12.4. The topological polar surface area (TPSA) is 101 Å². The van der Waals surface area contributed by atoms with Gasteiger partial charge in [-0.1, -0.05) is 6.07 Å². The lowest BCUT2D eigenvalue weighted by Gasteiger charge is -2.20. The van der Waals surface area contributed by atoms with Gasteiger partial charge in [0, 0.05) is 24.7 Å². The van der Waals surface area contributed by atoms with Gasteiger partial charge in [0.05, 0.1) is 16.4 Å². The van der Waals surface area contributed by atoms with Crippen molar-refractivity contribution >= 4 is 15.7 Å². The van der Waals surface area contributed by atoms with E-state index in [2.05, 4.69) is 0 Å². The third-order valence-electron chi connectivity index (χ3n) is 2.91. The number of non-ortho nitro benzene ring substituents is 1. The van der Waals surface area contributed by atoms with Crippen molar-refractivity contribution in [3.63, 3.8) is 0 Å². The molecule has 0 bridgehead atoms. The Bertz CT molecular complexity index is 583. The fourth-order valence-electron chi connectivity index (χ4n) is 1.85. The van der Waals surface area contributed by atoms with Crippen LogP contribution in [0.5, 0.6) is 0 Å². The minimum Gasteiger partial charge on any atom is -0.395 e. The number of hydrogen-bond acceptors (Lipinski definition) is 5. The van der Waals surface area contributed by atoms with E-state index in [0.717, 1.165) is 18.9 Å². The van der Waals surface area contributed by atoms with Gasteiger partial charge in [0.15, 0.2) is 0 Å². The molecule has 0 aromatic heterocycles. The molecule has 104 valence electrons. The van der Waals surface area contributed by atoms with Crippen LogP contribution in [0.3, 0.4) is 0 Å². The molecule has 0 atom stereocenters. The number of nitro benzene ring substituents is 1. The van der Waals surface area contributed by atoms with E-state index in [1.165, 1.54) is 22.5 Å². The molecule has 1 aromatic rings. The van der Waals surface area contributed by atoms with E-state index < -0.39 is 14.9 Å². The molecule has 1 aliphatic rings. The van der Waals surface area contributed by atoms with Gasteiger partial charge < -0.3 is 5.11 Å². The second-order valence-corrected chi connectivity index (χ2v) is 6.22. The summed E-state index contributed by atoms with van der Waals surface area (Å²) in [5.41, 5.74) is -0.263. The van der Waals surface area contributed by atoms with E-state index in [9.17, 15) is 18.5 Å². The molecule has 8 heteroatoms. The Morgan fingerprint density at radius 1 is 1.42 bits per heavy atom. The first-order valence-corrected chi connectivity index (χ1v) is 7.28. The molecule has 0 saturated heterocycles. The summed E-state index contributed by atoms with van der Waals surface area (Å²) in [6.07, 6.45) is 1.52. The molecule has 1 aliphatic carbocycles. The van der Waals surface area contributed by atoms with Crippen molar-refractivity contribution in [2.24, 2.45) is 0 Å². The molecule has 0 spiro atoms. The maximum Gasteiger partial charge on any atom is 0.270 e. The molecule has 0 aliphatic heterocycles. The first kappa shape index (κ1) is 13.9. The molecule has 1 aromatic carbocycles. The molecule has 19 heavy (non-hydrogen) atoms. The number of sulfonamides is 1. The largest absolute Gasteiger partial charge is 0.395 e. The van der Waals surface area contributed by atoms with Crippen LogP contribution < -0.4 is 0 Å². The van der Waals surface area contributed by atoms with E-state index in [-0.39, 0.29) is 29.8 Å². The summed E-state index contributed by atoms with van der Waals surface area (Å²) in [4.78, 5) is 9.94. The highest BCUT2D eigenvalue weighted by atomic mass is 32.2. The van der Waals surface area contributed by atoms with Crippen LogP contribution in [-0.2, 0) is 10.0 Å². The van der Waals surface area contributed by atoms with Crippen molar-refractivity contribution in [1.29, 1.82) is 0 Å². The highest BCUT2D eigenvalue weighted by Gasteiger charge is 2.37. The molecule has 1 fully saturated rings. The standard InChI is InChI=1S/C11H14N2O5S/c14-7-6-12(9-4-5-9)19(17,18)11-3-1-2-10(8-11)13(15)16/h1-3,8-9,14H,4-7H2. The Kier molecular flexibility index (Phi) is 3.83. The smallest absolute Gasteiger partial charge is 0.270 e. The first-order valence-electron chi connectivity index (χ1n) is 5.84. The van der Waals surface area contributed by atoms with Gasteiger partial charge in [-0.05, 0) is 18.9 Å². The summed E-state index contributed by atoms with van der Waals surface area (Å²) >= 11 is 0. The van der Waals surface area contributed by atoms with Crippen molar-refractivity contribution in [3.8, 4) is 0 Å². The predicted octanol–water partition coefficient (Wildman–Crippen LogP) is 0.740. The van der Waals surface area contributed by atoms with Crippen molar-refractivity contribution in [2.45, 2.75) is 23.8 Å². The Hall–Kier alpha value is -1.51. The normalized spacial score (nSPS) is 15.7. The Balaban J connectivity index is 2.37.